The van der Waals surface area contributed by atoms with Crippen molar-refractivity contribution < 1.29 is 4.74 Å². The summed E-state index contributed by atoms with van der Waals surface area (Å²) >= 11 is 0. The lowest BCUT2D eigenvalue weighted by molar-refractivity contribution is 0.363. The normalized spacial score (nSPS) is 10.9. The van der Waals surface area contributed by atoms with Crippen molar-refractivity contribution in [3.05, 3.63) is 29.5 Å². The summed E-state index contributed by atoms with van der Waals surface area (Å²) in [6.45, 7) is 6.45. The van der Waals surface area contributed by atoms with Gasteiger partial charge in [-0.05, 0) is 36.1 Å². The predicted octanol–water partition coefficient (Wildman–Crippen LogP) is 3.51. The van der Waals surface area contributed by atoms with Crippen molar-refractivity contribution in [2.45, 2.75) is 26.7 Å². The van der Waals surface area contributed by atoms with Crippen LogP contribution in [0.3, 0.4) is 0 Å². The standard InChI is InChI=1S/C15H18N2O/c1-10(2)12-7-14-13(11(3)9-17(14)4)8-15(12)18-6-5-16/h7-10H,6H2,1-4H3. The highest BCUT2D eigenvalue weighted by Gasteiger charge is 2.13. The molecule has 3 heteroatoms. The molecule has 1 aromatic carbocycles. The van der Waals surface area contributed by atoms with Crippen LogP contribution < -0.4 is 4.74 Å². The quantitative estimate of drug-likeness (QED) is 0.826. The molecule has 0 amide bonds. The van der Waals surface area contributed by atoms with E-state index in [2.05, 4.69) is 50.7 Å². The van der Waals surface area contributed by atoms with E-state index in [1.54, 1.807) is 0 Å². The van der Waals surface area contributed by atoms with Crippen LogP contribution in [0.4, 0.5) is 0 Å². The number of fused-ring (bicyclic) bond motifs is 1. The molecule has 0 radical (unpaired) electrons. The van der Waals surface area contributed by atoms with Gasteiger partial charge in [-0.15, -0.1) is 0 Å². The minimum atomic E-state index is 0.0944. The van der Waals surface area contributed by atoms with Crippen molar-refractivity contribution in [3.63, 3.8) is 0 Å². The molecular formula is C15H18N2O. The maximum atomic E-state index is 8.65. The molecular weight excluding hydrogens is 224 g/mol. The molecule has 0 aliphatic carbocycles. The summed E-state index contributed by atoms with van der Waals surface area (Å²) in [5.74, 6) is 1.20. The molecule has 18 heavy (non-hydrogen) atoms. The van der Waals surface area contributed by atoms with Crippen LogP contribution in [0.15, 0.2) is 18.3 Å². The third-order valence-corrected chi connectivity index (χ3v) is 3.23. The van der Waals surface area contributed by atoms with Crippen LogP contribution in [0, 0.1) is 18.3 Å². The van der Waals surface area contributed by atoms with E-state index in [0.717, 1.165) is 11.3 Å². The maximum absolute atomic E-state index is 8.65. The molecule has 0 fully saturated rings. The first-order valence-electron chi connectivity index (χ1n) is 6.14. The van der Waals surface area contributed by atoms with Gasteiger partial charge in [-0.25, -0.2) is 0 Å². The molecule has 2 rings (SSSR count). The molecule has 0 saturated heterocycles. The van der Waals surface area contributed by atoms with Gasteiger partial charge in [0.15, 0.2) is 6.61 Å². The average molecular weight is 242 g/mol. The van der Waals surface area contributed by atoms with E-state index in [1.165, 1.54) is 16.5 Å². The third kappa shape index (κ3) is 2.06. The van der Waals surface area contributed by atoms with Gasteiger partial charge in [-0.2, -0.15) is 5.26 Å². The Morgan fingerprint density at radius 1 is 1.39 bits per heavy atom. The van der Waals surface area contributed by atoms with E-state index < -0.39 is 0 Å². The number of nitrogens with zero attached hydrogens (tertiary/aromatic N) is 2. The zero-order valence-electron chi connectivity index (χ0n) is 11.3. The fourth-order valence-corrected chi connectivity index (χ4v) is 2.31. The van der Waals surface area contributed by atoms with Gasteiger partial charge in [0.1, 0.15) is 11.8 Å². The van der Waals surface area contributed by atoms with Crippen molar-refractivity contribution in [2.75, 3.05) is 6.61 Å². The number of hydrogen-bond donors (Lipinski definition) is 0. The molecule has 1 heterocycles. The van der Waals surface area contributed by atoms with E-state index in [1.807, 2.05) is 6.07 Å². The van der Waals surface area contributed by atoms with Gasteiger partial charge in [0.25, 0.3) is 0 Å². The lowest BCUT2D eigenvalue weighted by Crippen LogP contribution is -2.00. The first-order valence-corrected chi connectivity index (χ1v) is 6.14. The Hall–Kier alpha value is -1.95. The molecule has 0 N–H and O–H groups in total. The SMILES string of the molecule is Cc1cn(C)c2cc(C(C)C)c(OCC#N)cc12. The second-order valence-corrected chi connectivity index (χ2v) is 4.93. The number of ether oxygens (including phenoxy) is 1. The molecule has 0 aliphatic rings. The number of rotatable bonds is 3. The average Bonchev–Trinajstić information content (AvgIpc) is 2.61. The van der Waals surface area contributed by atoms with E-state index >= 15 is 0 Å². The Bertz CT molecular complexity index is 617. The van der Waals surface area contributed by atoms with Crippen LogP contribution in [0.1, 0.15) is 30.9 Å². The summed E-state index contributed by atoms with van der Waals surface area (Å²) in [5, 5.41) is 9.84. The molecule has 2 aromatic rings. The molecule has 0 spiro atoms. The lowest BCUT2D eigenvalue weighted by Gasteiger charge is -2.13. The Morgan fingerprint density at radius 2 is 2.11 bits per heavy atom. The zero-order valence-corrected chi connectivity index (χ0v) is 11.3. The highest BCUT2D eigenvalue weighted by Crippen LogP contribution is 2.33. The van der Waals surface area contributed by atoms with E-state index in [-0.39, 0.29) is 6.61 Å². The Morgan fingerprint density at radius 3 is 2.72 bits per heavy atom. The number of benzene rings is 1. The number of hydrogen-bond acceptors (Lipinski definition) is 2. The summed E-state index contributed by atoms with van der Waals surface area (Å²) in [6, 6.07) is 6.24. The van der Waals surface area contributed by atoms with Crippen molar-refractivity contribution in [3.8, 4) is 11.8 Å². The Kier molecular flexibility index (Phi) is 3.29. The van der Waals surface area contributed by atoms with Gasteiger partial charge in [0, 0.05) is 24.1 Å². The molecule has 0 atom stereocenters. The summed E-state index contributed by atoms with van der Waals surface area (Å²) in [6.07, 6.45) is 2.11. The molecule has 0 unspecified atom stereocenters. The van der Waals surface area contributed by atoms with Crippen LogP contribution >= 0.6 is 0 Å². The summed E-state index contributed by atoms with van der Waals surface area (Å²) in [7, 11) is 2.05. The van der Waals surface area contributed by atoms with E-state index in [0.29, 0.717) is 5.92 Å². The van der Waals surface area contributed by atoms with Crippen molar-refractivity contribution in [1.29, 1.82) is 5.26 Å². The van der Waals surface area contributed by atoms with Crippen molar-refractivity contribution in [2.24, 2.45) is 7.05 Å². The minimum Gasteiger partial charge on any atom is -0.478 e. The monoisotopic (exact) mass is 242 g/mol. The second kappa shape index (κ2) is 4.73. The fraction of sp³-hybridized carbons (Fsp3) is 0.400. The highest BCUT2D eigenvalue weighted by atomic mass is 16.5. The van der Waals surface area contributed by atoms with Crippen LogP contribution in [0.25, 0.3) is 10.9 Å². The number of nitriles is 1. The first kappa shape index (κ1) is 12.5. The van der Waals surface area contributed by atoms with Crippen LogP contribution in [0.5, 0.6) is 5.75 Å². The van der Waals surface area contributed by atoms with Gasteiger partial charge in [0.2, 0.25) is 0 Å². The summed E-state index contributed by atoms with van der Waals surface area (Å²) in [5.41, 5.74) is 3.59. The summed E-state index contributed by atoms with van der Waals surface area (Å²) in [4.78, 5) is 0. The van der Waals surface area contributed by atoms with Crippen molar-refractivity contribution in [1.82, 2.24) is 4.57 Å². The summed E-state index contributed by atoms with van der Waals surface area (Å²) < 4.78 is 7.68. The smallest absolute Gasteiger partial charge is 0.174 e. The topological polar surface area (TPSA) is 38.0 Å². The zero-order chi connectivity index (χ0) is 13.3. The van der Waals surface area contributed by atoms with Gasteiger partial charge in [0.05, 0.1) is 0 Å². The largest absolute Gasteiger partial charge is 0.478 e. The van der Waals surface area contributed by atoms with Crippen LogP contribution in [-0.4, -0.2) is 11.2 Å². The molecule has 94 valence electrons. The fourth-order valence-electron chi connectivity index (χ4n) is 2.31. The van der Waals surface area contributed by atoms with Crippen LogP contribution in [0.2, 0.25) is 0 Å². The molecule has 0 bridgehead atoms. The number of aromatic nitrogens is 1. The third-order valence-electron chi connectivity index (χ3n) is 3.23. The second-order valence-electron chi connectivity index (χ2n) is 4.93. The van der Waals surface area contributed by atoms with Gasteiger partial charge >= 0.3 is 0 Å². The van der Waals surface area contributed by atoms with Crippen LogP contribution in [-0.2, 0) is 7.05 Å². The molecule has 3 nitrogen and oxygen atoms in total. The predicted molar refractivity (Wildman–Crippen MR) is 72.9 cm³/mol. The van der Waals surface area contributed by atoms with E-state index in [4.69, 9.17) is 10.00 Å². The first-order chi connectivity index (χ1) is 8.54. The molecule has 1 aromatic heterocycles. The van der Waals surface area contributed by atoms with E-state index in [9.17, 15) is 0 Å². The van der Waals surface area contributed by atoms with Crippen molar-refractivity contribution >= 4 is 10.9 Å². The minimum absolute atomic E-state index is 0.0944. The number of aryl methyl sites for hydroxylation is 2. The van der Waals surface area contributed by atoms with Gasteiger partial charge in [-0.3, -0.25) is 0 Å². The Balaban J connectivity index is 2.63. The Labute approximate surface area is 108 Å². The van der Waals surface area contributed by atoms with Gasteiger partial charge in [-0.1, -0.05) is 13.8 Å². The maximum Gasteiger partial charge on any atom is 0.174 e. The highest BCUT2D eigenvalue weighted by molar-refractivity contribution is 5.86. The van der Waals surface area contributed by atoms with Gasteiger partial charge < -0.3 is 9.30 Å². The molecule has 0 saturated carbocycles. The molecule has 0 aliphatic heterocycles. The lowest BCUT2D eigenvalue weighted by atomic mass is 10.00.